The Morgan fingerprint density at radius 2 is 2.08 bits per heavy atom. The number of nitrogens with one attached hydrogen (secondary N) is 1. The van der Waals surface area contributed by atoms with E-state index in [-0.39, 0.29) is 11.7 Å². The number of thioether (sulfide) groups is 1. The Balaban J connectivity index is 1.98. The third kappa shape index (κ3) is 4.25. The van der Waals surface area contributed by atoms with Crippen LogP contribution in [-0.4, -0.2) is 39.6 Å². The number of ether oxygens (including phenoxy) is 1. The highest BCUT2D eigenvalue weighted by Gasteiger charge is 2.15. The second-order valence-electron chi connectivity index (χ2n) is 4.89. The van der Waals surface area contributed by atoms with Gasteiger partial charge in [-0.1, -0.05) is 30.8 Å². The van der Waals surface area contributed by atoms with Gasteiger partial charge in [-0.3, -0.25) is 4.79 Å². The zero-order valence-electron chi connectivity index (χ0n) is 13.5. The largest absolute Gasteiger partial charge is 0.465 e. The van der Waals surface area contributed by atoms with Crippen LogP contribution < -0.4 is 11.2 Å². The third-order valence-electron chi connectivity index (χ3n) is 3.15. The molecule has 128 valence electrons. The van der Waals surface area contributed by atoms with Crippen LogP contribution in [0.1, 0.15) is 29.5 Å². The summed E-state index contributed by atoms with van der Waals surface area (Å²) >= 11 is 1.18. The topological polar surface area (TPSA) is 112 Å². The SMILES string of the molecule is CCCc1nnc(SCC(=O)Nc2ccccc2C(=O)OC)n1N. The lowest BCUT2D eigenvalue weighted by atomic mass is 10.2. The average Bonchev–Trinajstić information content (AvgIpc) is 2.93. The van der Waals surface area contributed by atoms with Crippen molar-refractivity contribution in [3.63, 3.8) is 0 Å². The zero-order valence-corrected chi connectivity index (χ0v) is 14.3. The summed E-state index contributed by atoms with van der Waals surface area (Å²) in [5, 5.41) is 11.1. The van der Waals surface area contributed by atoms with Crippen molar-refractivity contribution in [3.8, 4) is 0 Å². The molecule has 0 aliphatic heterocycles. The maximum Gasteiger partial charge on any atom is 0.339 e. The molecule has 0 saturated carbocycles. The molecule has 0 spiro atoms. The minimum Gasteiger partial charge on any atom is -0.465 e. The summed E-state index contributed by atoms with van der Waals surface area (Å²) in [5.74, 6) is 5.87. The highest BCUT2D eigenvalue weighted by atomic mass is 32.2. The number of aryl methyl sites for hydroxylation is 1. The maximum atomic E-state index is 12.1. The fraction of sp³-hybridized carbons (Fsp3) is 0.333. The van der Waals surface area contributed by atoms with Crippen LogP contribution in [-0.2, 0) is 16.0 Å². The van der Waals surface area contributed by atoms with Gasteiger partial charge < -0.3 is 15.9 Å². The number of carbonyl (C=O) groups excluding carboxylic acids is 2. The number of nitrogens with two attached hydrogens (primary N) is 1. The average molecular weight is 349 g/mol. The van der Waals surface area contributed by atoms with Gasteiger partial charge in [0.2, 0.25) is 11.1 Å². The number of methoxy groups -OCH3 is 1. The van der Waals surface area contributed by atoms with Crippen LogP contribution in [0.5, 0.6) is 0 Å². The van der Waals surface area contributed by atoms with E-state index in [4.69, 9.17) is 10.6 Å². The van der Waals surface area contributed by atoms with Crippen molar-refractivity contribution in [2.45, 2.75) is 24.9 Å². The van der Waals surface area contributed by atoms with Crippen molar-refractivity contribution in [3.05, 3.63) is 35.7 Å². The summed E-state index contributed by atoms with van der Waals surface area (Å²) in [7, 11) is 1.29. The van der Waals surface area contributed by atoms with Crippen LogP contribution in [0.3, 0.4) is 0 Å². The van der Waals surface area contributed by atoms with E-state index < -0.39 is 5.97 Å². The number of aromatic nitrogens is 3. The molecular formula is C15H19N5O3S. The van der Waals surface area contributed by atoms with E-state index in [0.29, 0.717) is 22.2 Å². The summed E-state index contributed by atoms with van der Waals surface area (Å²) < 4.78 is 6.09. The smallest absolute Gasteiger partial charge is 0.339 e. The van der Waals surface area contributed by atoms with E-state index in [1.807, 2.05) is 6.92 Å². The Kier molecular flexibility index (Phi) is 6.19. The number of hydrogen-bond donors (Lipinski definition) is 2. The number of esters is 1. The third-order valence-corrected chi connectivity index (χ3v) is 4.09. The molecule has 0 radical (unpaired) electrons. The molecule has 0 aliphatic carbocycles. The second-order valence-corrected chi connectivity index (χ2v) is 5.84. The van der Waals surface area contributed by atoms with Crippen molar-refractivity contribution in [1.82, 2.24) is 14.9 Å². The van der Waals surface area contributed by atoms with Crippen molar-refractivity contribution in [1.29, 1.82) is 0 Å². The van der Waals surface area contributed by atoms with Gasteiger partial charge in [0.15, 0.2) is 5.82 Å². The number of amides is 1. The highest BCUT2D eigenvalue weighted by molar-refractivity contribution is 7.99. The predicted octanol–water partition coefficient (Wildman–Crippen LogP) is 1.46. The monoisotopic (exact) mass is 349 g/mol. The summed E-state index contributed by atoms with van der Waals surface area (Å²) in [4.78, 5) is 23.8. The van der Waals surface area contributed by atoms with Gasteiger partial charge in [-0.05, 0) is 18.6 Å². The van der Waals surface area contributed by atoms with Gasteiger partial charge >= 0.3 is 5.97 Å². The number of hydrogen-bond acceptors (Lipinski definition) is 7. The molecule has 24 heavy (non-hydrogen) atoms. The normalized spacial score (nSPS) is 10.4. The summed E-state index contributed by atoms with van der Waals surface area (Å²) in [6.45, 7) is 2.02. The van der Waals surface area contributed by atoms with Gasteiger partial charge in [0.1, 0.15) is 0 Å². The molecule has 0 atom stereocenters. The van der Waals surface area contributed by atoms with Gasteiger partial charge in [0, 0.05) is 6.42 Å². The summed E-state index contributed by atoms with van der Waals surface area (Å²) in [6, 6.07) is 6.65. The fourth-order valence-electron chi connectivity index (χ4n) is 2.00. The van der Waals surface area contributed by atoms with Crippen LogP contribution in [0, 0.1) is 0 Å². The van der Waals surface area contributed by atoms with Crippen molar-refractivity contribution in [2.24, 2.45) is 0 Å². The molecule has 2 aromatic rings. The first kappa shape index (κ1) is 17.8. The Morgan fingerprint density at radius 3 is 2.79 bits per heavy atom. The maximum absolute atomic E-state index is 12.1. The van der Waals surface area contributed by atoms with Crippen LogP contribution in [0.25, 0.3) is 0 Å². The molecule has 2 rings (SSSR count). The minimum absolute atomic E-state index is 0.0942. The summed E-state index contributed by atoms with van der Waals surface area (Å²) in [6.07, 6.45) is 1.63. The number of nitrogens with zero attached hydrogens (tertiary/aromatic N) is 3. The molecular weight excluding hydrogens is 330 g/mol. The van der Waals surface area contributed by atoms with Gasteiger partial charge in [0.05, 0.1) is 24.1 Å². The zero-order chi connectivity index (χ0) is 17.5. The first-order valence-corrected chi connectivity index (χ1v) is 8.34. The molecule has 0 fully saturated rings. The molecule has 8 nitrogen and oxygen atoms in total. The number of rotatable bonds is 7. The predicted molar refractivity (Wildman–Crippen MR) is 91.3 cm³/mol. The first-order valence-electron chi connectivity index (χ1n) is 7.36. The molecule has 0 unspecified atom stereocenters. The molecule has 1 aromatic heterocycles. The minimum atomic E-state index is -0.510. The van der Waals surface area contributed by atoms with E-state index in [2.05, 4.69) is 15.5 Å². The molecule has 0 bridgehead atoms. The number of carbonyl (C=O) groups is 2. The number of nitrogen functional groups attached to an aromatic ring is 1. The van der Waals surface area contributed by atoms with Gasteiger partial charge in [-0.15, -0.1) is 10.2 Å². The highest BCUT2D eigenvalue weighted by Crippen LogP contribution is 2.18. The van der Waals surface area contributed by atoms with Gasteiger partial charge in [-0.2, -0.15) is 0 Å². The van der Waals surface area contributed by atoms with Crippen molar-refractivity contribution < 1.29 is 14.3 Å². The second kappa shape index (κ2) is 8.34. The van der Waals surface area contributed by atoms with Gasteiger partial charge in [0.25, 0.3) is 0 Å². The Morgan fingerprint density at radius 1 is 1.33 bits per heavy atom. The molecule has 0 aliphatic rings. The quantitative estimate of drug-likeness (QED) is 0.442. The van der Waals surface area contributed by atoms with E-state index in [1.165, 1.54) is 23.5 Å². The van der Waals surface area contributed by atoms with Crippen LogP contribution in [0.15, 0.2) is 29.4 Å². The van der Waals surface area contributed by atoms with E-state index in [0.717, 1.165) is 12.8 Å². The lowest BCUT2D eigenvalue weighted by Gasteiger charge is -2.09. The Bertz CT molecular complexity index is 732. The van der Waals surface area contributed by atoms with Crippen LogP contribution in [0.2, 0.25) is 0 Å². The fourth-order valence-corrected chi connectivity index (χ4v) is 2.67. The Labute approximate surface area is 143 Å². The van der Waals surface area contributed by atoms with Crippen LogP contribution >= 0.6 is 11.8 Å². The molecule has 3 N–H and O–H groups in total. The van der Waals surface area contributed by atoms with Crippen molar-refractivity contribution in [2.75, 3.05) is 24.0 Å². The molecule has 0 saturated heterocycles. The number of benzene rings is 1. The number of para-hydroxylation sites is 1. The van der Waals surface area contributed by atoms with E-state index >= 15 is 0 Å². The first-order chi connectivity index (χ1) is 11.6. The molecule has 1 amide bonds. The van der Waals surface area contributed by atoms with Gasteiger partial charge in [-0.25, -0.2) is 9.47 Å². The Hall–Kier alpha value is -2.55. The molecule has 9 heteroatoms. The molecule has 1 heterocycles. The van der Waals surface area contributed by atoms with E-state index in [1.54, 1.807) is 24.3 Å². The number of anilines is 1. The lowest BCUT2D eigenvalue weighted by molar-refractivity contribution is -0.113. The molecule has 1 aromatic carbocycles. The van der Waals surface area contributed by atoms with E-state index in [9.17, 15) is 9.59 Å². The van der Waals surface area contributed by atoms with Crippen molar-refractivity contribution >= 4 is 29.3 Å². The standard InChI is InChI=1S/C15H19N5O3S/c1-3-6-12-18-19-15(20(12)16)24-9-13(21)17-11-8-5-4-7-10(11)14(22)23-2/h4-5,7-8H,3,6,9,16H2,1-2H3,(H,17,21). The summed E-state index contributed by atoms with van der Waals surface area (Å²) in [5.41, 5.74) is 0.696. The lowest BCUT2D eigenvalue weighted by Crippen LogP contribution is -2.18. The van der Waals surface area contributed by atoms with Crippen LogP contribution in [0.4, 0.5) is 5.69 Å².